The van der Waals surface area contributed by atoms with Crippen LogP contribution in [-0.2, 0) is 22.2 Å². The molecule has 0 aliphatic carbocycles. The summed E-state index contributed by atoms with van der Waals surface area (Å²) in [5.74, 6) is 0. The molecule has 0 unspecified atom stereocenters. The predicted molar refractivity (Wildman–Crippen MR) is 157 cm³/mol. The third-order valence-corrected chi connectivity index (χ3v) is 11.6. The summed E-state index contributed by atoms with van der Waals surface area (Å²) in [6.45, 7) is 20.4. The molecule has 0 aliphatic rings. The van der Waals surface area contributed by atoms with E-state index in [1.54, 1.807) is 0 Å². The van der Waals surface area contributed by atoms with Crippen LogP contribution in [-0.4, -0.2) is 21.5 Å². The molecule has 0 heterocycles. The van der Waals surface area contributed by atoms with Gasteiger partial charge in [0.15, 0.2) is 0 Å². The number of ether oxygens (including phenoxy) is 1. The Balaban J connectivity index is 1.83. The van der Waals surface area contributed by atoms with E-state index >= 15 is 0 Å². The van der Waals surface area contributed by atoms with Gasteiger partial charge >= 0.3 is 0 Å². The van der Waals surface area contributed by atoms with E-state index in [1.807, 2.05) is 0 Å². The zero-order valence-electron chi connectivity index (χ0n) is 23.7. The van der Waals surface area contributed by atoms with Crippen molar-refractivity contribution in [3.63, 3.8) is 0 Å². The van der Waals surface area contributed by atoms with E-state index in [-0.39, 0.29) is 15.9 Å². The van der Waals surface area contributed by atoms with Crippen molar-refractivity contribution in [2.24, 2.45) is 10.8 Å². The van der Waals surface area contributed by atoms with Gasteiger partial charge in [0.2, 0.25) is 0 Å². The molecule has 3 aromatic rings. The van der Waals surface area contributed by atoms with Crippen LogP contribution in [0.5, 0.6) is 0 Å². The van der Waals surface area contributed by atoms with Crippen molar-refractivity contribution >= 4 is 18.7 Å². The third kappa shape index (κ3) is 7.41. The van der Waals surface area contributed by atoms with Gasteiger partial charge in [0.25, 0.3) is 8.32 Å². The summed E-state index contributed by atoms with van der Waals surface area (Å²) >= 11 is 0. The minimum absolute atomic E-state index is 0.0159. The quantitative estimate of drug-likeness (QED) is 0.269. The molecule has 3 aromatic carbocycles. The van der Waals surface area contributed by atoms with Crippen LogP contribution in [0.1, 0.15) is 66.5 Å². The van der Waals surface area contributed by atoms with Gasteiger partial charge in [-0.1, -0.05) is 140 Å². The topological polar surface area (TPSA) is 18.5 Å². The molecule has 0 amide bonds. The molecule has 0 radical (unpaired) electrons. The first-order chi connectivity index (χ1) is 16.8. The van der Waals surface area contributed by atoms with E-state index in [2.05, 4.69) is 140 Å². The van der Waals surface area contributed by atoms with Gasteiger partial charge in [-0.25, -0.2) is 0 Å². The zero-order chi connectivity index (χ0) is 26.5. The van der Waals surface area contributed by atoms with Crippen LogP contribution in [0.15, 0.2) is 84.9 Å². The van der Waals surface area contributed by atoms with Gasteiger partial charge < -0.3 is 9.16 Å². The van der Waals surface area contributed by atoms with Crippen LogP contribution in [0.25, 0.3) is 0 Å². The first kappa shape index (κ1) is 28.4. The number of hydrogen-bond acceptors (Lipinski definition) is 2. The largest absolute Gasteiger partial charge is 0.407 e. The summed E-state index contributed by atoms with van der Waals surface area (Å²) in [4.78, 5) is 0. The second kappa shape index (κ2) is 11.5. The predicted octanol–water partition coefficient (Wildman–Crippen LogP) is 7.39. The fourth-order valence-electron chi connectivity index (χ4n) is 4.97. The van der Waals surface area contributed by atoms with Gasteiger partial charge in [0, 0.05) is 6.61 Å². The molecule has 194 valence electrons. The van der Waals surface area contributed by atoms with Gasteiger partial charge in [-0.15, -0.1) is 0 Å². The van der Waals surface area contributed by atoms with Crippen LogP contribution in [0, 0.1) is 10.8 Å². The summed E-state index contributed by atoms with van der Waals surface area (Å²) in [5, 5.41) is 2.64. The molecule has 2 nitrogen and oxygen atoms in total. The Hall–Kier alpha value is -2.20. The Labute approximate surface area is 221 Å². The Kier molecular flexibility index (Phi) is 9.03. The SMILES string of the molecule is CC(C)(C)COCc1cccc(CC(C)(C)CO[Si](c2ccccc2)(c2ccccc2)C(C)(C)C)c1. The molecule has 0 aliphatic heterocycles. The van der Waals surface area contributed by atoms with Gasteiger partial charge in [-0.3, -0.25) is 0 Å². The first-order valence-electron chi connectivity index (χ1n) is 13.2. The van der Waals surface area contributed by atoms with E-state index in [0.29, 0.717) is 13.2 Å². The summed E-state index contributed by atoms with van der Waals surface area (Å²) in [5.41, 5.74) is 2.74. The number of hydrogen-bond donors (Lipinski definition) is 0. The zero-order valence-corrected chi connectivity index (χ0v) is 24.7. The summed E-state index contributed by atoms with van der Waals surface area (Å²) in [6, 6.07) is 30.7. The molecule has 0 saturated carbocycles. The Morgan fingerprint density at radius 1 is 0.611 bits per heavy atom. The fraction of sp³-hybridized carbons (Fsp3) is 0.455. The molecule has 3 rings (SSSR count). The standard InChI is InChI=1S/C33H46O2Si/c1-31(2,3)25-34-24-28-17-15-16-27(22-28)23-33(7,8)26-35-36(32(4,5)6,29-18-11-9-12-19-29)30-20-13-10-14-21-30/h9-22H,23-26H2,1-8H3. The number of benzene rings is 3. The maximum Gasteiger partial charge on any atom is 0.261 e. The van der Waals surface area contributed by atoms with E-state index in [1.165, 1.54) is 21.5 Å². The van der Waals surface area contributed by atoms with Crippen LogP contribution >= 0.6 is 0 Å². The molecule has 3 heteroatoms. The Morgan fingerprint density at radius 2 is 1.14 bits per heavy atom. The molecule has 0 fully saturated rings. The molecule has 36 heavy (non-hydrogen) atoms. The third-order valence-electron chi connectivity index (χ3n) is 6.57. The van der Waals surface area contributed by atoms with Gasteiger partial charge in [-0.05, 0) is 43.8 Å². The fourth-order valence-corrected chi connectivity index (χ4v) is 9.74. The second-order valence-corrected chi connectivity index (χ2v) is 17.5. The minimum atomic E-state index is -2.54. The normalized spacial score (nSPS) is 13.1. The highest BCUT2D eigenvalue weighted by Crippen LogP contribution is 2.38. The lowest BCUT2D eigenvalue weighted by atomic mass is 9.86. The minimum Gasteiger partial charge on any atom is -0.407 e. The smallest absolute Gasteiger partial charge is 0.261 e. The highest BCUT2D eigenvalue weighted by molar-refractivity contribution is 6.99. The van der Waals surface area contributed by atoms with Crippen molar-refractivity contribution in [1.29, 1.82) is 0 Å². The summed E-state index contributed by atoms with van der Waals surface area (Å²) in [6.07, 6.45) is 0.957. The highest BCUT2D eigenvalue weighted by Gasteiger charge is 2.50. The van der Waals surface area contributed by atoms with Gasteiger partial charge in [0.1, 0.15) is 0 Å². The van der Waals surface area contributed by atoms with Crippen molar-refractivity contribution in [1.82, 2.24) is 0 Å². The van der Waals surface area contributed by atoms with Crippen molar-refractivity contribution in [3.05, 3.63) is 96.1 Å². The number of rotatable bonds is 10. The van der Waals surface area contributed by atoms with Crippen LogP contribution in [0.4, 0.5) is 0 Å². The average molecular weight is 503 g/mol. The lowest BCUT2D eigenvalue weighted by molar-refractivity contribution is 0.0598. The lowest BCUT2D eigenvalue weighted by Crippen LogP contribution is -2.67. The van der Waals surface area contributed by atoms with Crippen molar-refractivity contribution < 1.29 is 9.16 Å². The van der Waals surface area contributed by atoms with E-state index in [0.717, 1.165) is 13.0 Å². The highest BCUT2D eigenvalue weighted by atomic mass is 28.4. The maximum absolute atomic E-state index is 7.25. The molecule has 0 spiro atoms. The van der Waals surface area contributed by atoms with E-state index < -0.39 is 8.32 Å². The second-order valence-electron chi connectivity index (χ2n) is 13.2. The monoisotopic (exact) mass is 502 g/mol. The Morgan fingerprint density at radius 3 is 1.64 bits per heavy atom. The van der Waals surface area contributed by atoms with Gasteiger partial charge in [-0.2, -0.15) is 0 Å². The summed E-state index contributed by atoms with van der Waals surface area (Å²) in [7, 11) is -2.54. The molecular formula is C33H46O2Si. The maximum atomic E-state index is 7.25. The lowest BCUT2D eigenvalue weighted by Gasteiger charge is -2.44. The van der Waals surface area contributed by atoms with Crippen LogP contribution < -0.4 is 10.4 Å². The van der Waals surface area contributed by atoms with E-state index in [9.17, 15) is 0 Å². The van der Waals surface area contributed by atoms with Crippen molar-refractivity contribution in [2.45, 2.75) is 73.5 Å². The average Bonchev–Trinajstić information content (AvgIpc) is 2.79. The molecule has 0 saturated heterocycles. The molecule has 0 bridgehead atoms. The molecule has 0 N–H and O–H groups in total. The molecule has 0 aromatic heterocycles. The van der Waals surface area contributed by atoms with Gasteiger partial charge in [0.05, 0.1) is 13.2 Å². The molecule has 0 atom stereocenters. The first-order valence-corrected chi connectivity index (χ1v) is 15.1. The van der Waals surface area contributed by atoms with Crippen molar-refractivity contribution in [2.75, 3.05) is 13.2 Å². The molecular weight excluding hydrogens is 456 g/mol. The van der Waals surface area contributed by atoms with Crippen LogP contribution in [0.3, 0.4) is 0 Å². The van der Waals surface area contributed by atoms with Crippen molar-refractivity contribution in [3.8, 4) is 0 Å². The Bertz CT molecular complexity index is 1040. The summed E-state index contributed by atoms with van der Waals surface area (Å²) < 4.78 is 13.2. The van der Waals surface area contributed by atoms with Crippen LogP contribution in [0.2, 0.25) is 5.04 Å². The van der Waals surface area contributed by atoms with E-state index in [4.69, 9.17) is 9.16 Å².